The molecule has 0 aliphatic heterocycles. The fourth-order valence-corrected chi connectivity index (χ4v) is 4.37. The van der Waals surface area contributed by atoms with Crippen LogP contribution in [0.15, 0.2) is 84.0 Å². The number of nitrogens with zero attached hydrogens (tertiary/aromatic N) is 2. The second-order valence-corrected chi connectivity index (χ2v) is 10.6. The zero-order valence-electron chi connectivity index (χ0n) is 26.5. The molecule has 0 aliphatic carbocycles. The lowest BCUT2D eigenvalue weighted by atomic mass is 9.98. The van der Waals surface area contributed by atoms with Crippen molar-refractivity contribution in [2.75, 3.05) is 18.4 Å². The number of unbranched alkanes of at least 4 members (excludes halogenated alkanes) is 1. The summed E-state index contributed by atoms with van der Waals surface area (Å²) in [4.78, 5) is 54.8. The molecule has 1 heterocycles. The van der Waals surface area contributed by atoms with Crippen molar-refractivity contribution >= 4 is 35.5 Å². The molecule has 2 aromatic carbocycles. The van der Waals surface area contributed by atoms with E-state index in [9.17, 15) is 32.7 Å². The Morgan fingerprint density at radius 3 is 2.04 bits per heavy atom. The molecule has 0 radical (unpaired) electrons. The van der Waals surface area contributed by atoms with Crippen LogP contribution < -0.4 is 27.4 Å². The van der Waals surface area contributed by atoms with Crippen LogP contribution in [0, 0.1) is 0 Å². The molecule has 0 saturated carbocycles. The van der Waals surface area contributed by atoms with Gasteiger partial charge in [0.05, 0.1) is 12.5 Å². The van der Waals surface area contributed by atoms with E-state index in [1.807, 2.05) is 72.8 Å². The maximum absolute atomic E-state index is 13.4. The van der Waals surface area contributed by atoms with Gasteiger partial charge in [0.2, 0.25) is 11.8 Å². The number of carboxylic acids is 2. The van der Waals surface area contributed by atoms with E-state index in [0.29, 0.717) is 31.5 Å². The summed E-state index contributed by atoms with van der Waals surface area (Å²) in [6, 6.07) is 21.1. The zero-order chi connectivity index (χ0) is 36.2. The lowest BCUT2D eigenvalue weighted by Crippen LogP contribution is -2.48. The Morgan fingerprint density at radius 2 is 1.47 bits per heavy atom. The van der Waals surface area contributed by atoms with Crippen LogP contribution in [0.3, 0.4) is 0 Å². The predicted octanol–water partition coefficient (Wildman–Crippen LogP) is 3.83. The maximum Gasteiger partial charge on any atom is 0.490 e. The van der Waals surface area contributed by atoms with Crippen LogP contribution in [0.5, 0.6) is 0 Å². The first kappa shape index (κ1) is 39.5. The fourth-order valence-electron chi connectivity index (χ4n) is 4.37. The average molecular weight is 688 g/mol. The first-order valence-corrected chi connectivity index (χ1v) is 15.2. The number of amides is 2. The lowest BCUT2D eigenvalue weighted by Gasteiger charge is -2.23. The van der Waals surface area contributed by atoms with E-state index in [0.717, 1.165) is 23.4 Å². The Kier molecular flexibility index (Phi) is 16.6. The predicted molar refractivity (Wildman–Crippen MR) is 177 cm³/mol. The molecule has 3 aromatic rings. The number of aromatic nitrogens is 1. The summed E-state index contributed by atoms with van der Waals surface area (Å²) >= 11 is 0. The van der Waals surface area contributed by atoms with Gasteiger partial charge in [-0.15, -0.1) is 0 Å². The van der Waals surface area contributed by atoms with Crippen molar-refractivity contribution in [1.29, 1.82) is 0 Å². The van der Waals surface area contributed by atoms with Crippen LogP contribution in [0.1, 0.15) is 50.1 Å². The summed E-state index contributed by atoms with van der Waals surface area (Å²) in [5, 5.41) is 25.5. The Balaban J connectivity index is 0.00000107. The van der Waals surface area contributed by atoms with Crippen molar-refractivity contribution < 1.29 is 42.6 Å². The Hall–Kier alpha value is -5.67. The number of aliphatic imine (C=N–C) groups is 1. The van der Waals surface area contributed by atoms with Crippen molar-refractivity contribution in [3.8, 4) is 11.1 Å². The molecule has 264 valence electrons. The molecule has 0 aliphatic rings. The zero-order valence-corrected chi connectivity index (χ0v) is 26.5. The first-order valence-electron chi connectivity index (χ1n) is 15.2. The molecule has 13 nitrogen and oxygen atoms in total. The number of pyridine rings is 1. The number of rotatable bonds is 17. The van der Waals surface area contributed by atoms with Crippen molar-refractivity contribution in [3.63, 3.8) is 0 Å². The molecule has 49 heavy (non-hydrogen) atoms. The van der Waals surface area contributed by atoms with Gasteiger partial charge < -0.3 is 37.6 Å². The van der Waals surface area contributed by atoms with Gasteiger partial charge in [-0.25, -0.2) is 9.78 Å². The molecule has 2 atom stereocenters. The minimum absolute atomic E-state index is 0.0557. The van der Waals surface area contributed by atoms with Crippen LogP contribution in [0.25, 0.3) is 11.1 Å². The van der Waals surface area contributed by atoms with Gasteiger partial charge in [-0.3, -0.25) is 19.4 Å². The number of aliphatic carboxylic acids is 2. The quantitative estimate of drug-likeness (QED) is 0.0617. The van der Waals surface area contributed by atoms with E-state index in [4.69, 9.17) is 21.4 Å². The number of carbonyl (C=O) groups is 4. The van der Waals surface area contributed by atoms with Crippen LogP contribution in [0.4, 0.5) is 19.0 Å². The average Bonchev–Trinajstić information content (AvgIpc) is 3.06. The number of carboxylic acid groups (broad SMARTS) is 2. The molecule has 1 aromatic heterocycles. The third kappa shape index (κ3) is 16.1. The third-order valence-electron chi connectivity index (χ3n) is 6.76. The largest absolute Gasteiger partial charge is 0.490 e. The highest BCUT2D eigenvalue weighted by atomic mass is 19.4. The Labute approximate surface area is 281 Å². The molecular weight excluding hydrogens is 647 g/mol. The number of alkyl halides is 3. The molecule has 9 N–H and O–H groups in total. The van der Waals surface area contributed by atoms with Crippen LogP contribution in [-0.2, 0) is 19.2 Å². The number of hydrogen-bond donors (Lipinski definition) is 7. The minimum Gasteiger partial charge on any atom is -0.481 e. The number of hydrogen-bond acceptors (Lipinski definition) is 7. The van der Waals surface area contributed by atoms with Gasteiger partial charge in [0.25, 0.3) is 0 Å². The van der Waals surface area contributed by atoms with E-state index in [2.05, 4.69) is 25.9 Å². The second-order valence-electron chi connectivity index (χ2n) is 10.6. The molecule has 0 spiro atoms. The molecule has 0 fully saturated rings. The van der Waals surface area contributed by atoms with Gasteiger partial charge in [0.1, 0.15) is 11.9 Å². The van der Waals surface area contributed by atoms with Crippen molar-refractivity contribution in [2.45, 2.75) is 56.8 Å². The van der Waals surface area contributed by atoms with Crippen LogP contribution in [0.2, 0.25) is 0 Å². The van der Waals surface area contributed by atoms with E-state index in [1.54, 1.807) is 6.20 Å². The summed E-state index contributed by atoms with van der Waals surface area (Å²) < 4.78 is 31.7. The first-order chi connectivity index (χ1) is 23.3. The second kappa shape index (κ2) is 20.5. The normalized spacial score (nSPS) is 11.9. The van der Waals surface area contributed by atoms with Crippen LogP contribution >= 0.6 is 0 Å². The number of benzene rings is 2. The Bertz CT molecular complexity index is 1500. The highest BCUT2D eigenvalue weighted by molar-refractivity contribution is 5.88. The molecule has 0 saturated heterocycles. The fraction of sp³-hybridized carbons (Fsp3) is 0.333. The maximum atomic E-state index is 13.4. The highest BCUT2D eigenvalue weighted by Gasteiger charge is 2.38. The van der Waals surface area contributed by atoms with Gasteiger partial charge >= 0.3 is 18.1 Å². The molecular formula is C33H40F3N7O6. The van der Waals surface area contributed by atoms with Gasteiger partial charge in [0, 0.05) is 25.7 Å². The number of guanidine groups is 1. The van der Waals surface area contributed by atoms with Crippen molar-refractivity contribution in [1.82, 2.24) is 15.6 Å². The topological polar surface area (TPSA) is 222 Å². The van der Waals surface area contributed by atoms with Gasteiger partial charge in [-0.05, 0) is 54.5 Å². The molecule has 0 bridgehead atoms. The van der Waals surface area contributed by atoms with E-state index >= 15 is 0 Å². The highest BCUT2D eigenvalue weighted by Crippen LogP contribution is 2.24. The van der Waals surface area contributed by atoms with E-state index in [-0.39, 0.29) is 31.1 Å². The standard InChI is InChI=1S/C31H39N7O4.C2HF3O2/c32-31(33)36-20-8-11-25(37-28(39)13-5-7-19-35-27-12-4-6-18-34-27)30(42)38-26(21-29(40)41)24-16-14-23(15-17-24)22-9-2-1-3-10-22;3-2(4,5)1(6)7/h1-4,6,9-10,12,14-18,25-26H,5,7-8,11,13,19-21H2,(H,34,35)(H,37,39)(H,38,42)(H,40,41)(H4,32,33,36);(H,6,7)/t25-,26?;/m0./s1. The van der Waals surface area contributed by atoms with Gasteiger partial charge in [-0.2, -0.15) is 13.2 Å². The molecule has 16 heteroatoms. The van der Waals surface area contributed by atoms with Crippen LogP contribution in [-0.4, -0.2) is 70.2 Å². The number of nitrogens with one attached hydrogen (secondary N) is 3. The number of carbonyl (C=O) groups excluding carboxylic acids is 2. The van der Waals surface area contributed by atoms with Crippen molar-refractivity contribution in [3.05, 3.63) is 84.6 Å². The monoisotopic (exact) mass is 687 g/mol. The SMILES string of the molecule is NC(N)=NCCC[C@H](NC(=O)CCCCNc1ccccn1)C(=O)NC(CC(=O)O)c1ccc(-c2ccccc2)cc1.O=C(O)C(F)(F)F. The van der Waals surface area contributed by atoms with E-state index in [1.165, 1.54) is 0 Å². The van der Waals surface area contributed by atoms with E-state index < -0.39 is 36.1 Å². The lowest BCUT2D eigenvalue weighted by molar-refractivity contribution is -0.192. The Morgan fingerprint density at radius 1 is 0.837 bits per heavy atom. The summed E-state index contributed by atoms with van der Waals surface area (Å²) in [7, 11) is 0. The summed E-state index contributed by atoms with van der Waals surface area (Å²) in [5.41, 5.74) is 13.5. The minimum atomic E-state index is -5.08. The number of nitrogens with two attached hydrogens (primary N) is 2. The van der Waals surface area contributed by atoms with Gasteiger partial charge in [-0.1, -0.05) is 60.7 Å². The van der Waals surface area contributed by atoms with Crippen molar-refractivity contribution in [2.24, 2.45) is 16.5 Å². The third-order valence-corrected chi connectivity index (χ3v) is 6.76. The number of halogens is 3. The van der Waals surface area contributed by atoms with Gasteiger partial charge in [0.15, 0.2) is 5.96 Å². The molecule has 2 amide bonds. The summed E-state index contributed by atoms with van der Waals surface area (Å²) in [5.74, 6) is -3.84. The molecule has 1 unspecified atom stereocenters. The summed E-state index contributed by atoms with van der Waals surface area (Å²) in [6.45, 7) is 0.952. The molecule has 3 rings (SSSR count). The smallest absolute Gasteiger partial charge is 0.481 e. The number of anilines is 1. The summed E-state index contributed by atoms with van der Waals surface area (Å²) in [6.07, 6.45) is -1.37.